The lowest BCUT2D eigenvalue weighted by atomic mass is 10.1. The summed E-state index contributed by atoms with van der Waals surface area (Å²) in [7, 11) is -1.42. The van der Waals surface area contributed by atoms with Crippen LogP contribution in [0.3, 0.4) is 0 Å². The van der Waals surface area contributed by atoms with Gasteiger partial charge in [-0.15, -0.1) is 0 Å². The second-order valence-electron chi connectivity index (χ2n) is 6.09. The van der Waals surface area contributed by atoms with Gasteiger partial charge in [0.15, 0.2) is 0 Å². The van der Waals surface area contributed by atoms with Gasteiger partial charge in [0.1, 0.15) is 5.75 Å². The van der Waals surface area contributed by atoms with Crippen LogP contribution >= 0.6 is 7.82 Å². The van der Waals surface area contributed by atoms with Crippen molar-refractivity contribution in [3.63, 3.8) is 0 Å². The summed E-state index contributed by atoms with van der Waals surface area (Å²) in [5.41, 5.74) is 0.244. The summed E-state index contributed by atoms with van der Waals surface area (Å²) >= 11 is 0. The van der Waals surface area contributed by atoms with E-state index in [0.29, 0.717) is 6.42 Å². The fourth-order valence-corrected chi connectivity index (χ4v) is 3.29. The van der Waals surface area contributed by atoms with Crippen LogP contribution in [0.15, 0.2) is 24.3 Å². The first-order valence-electron chi connectivity index (χ1n) is 9.39. The zero-order chi connectivity index (χ0) is 20.8. The van der Waals surface area contributed by atoms with E-state index < -0.39 is 13.8 Å². The van der Waals surface area contributed by atoms with Crippen molar-refractivity contribution in [1.82, 2.24) is 5.32 Å². The lowest BCUT2D eigenvalue weighted by Gasteiger charge is -2.17. The van der Waals surface area contributed by atoms with Crippen molar-refractivity contribution in [2.45, 2.75) is 45.4 Å². The second kappa shape index (κ2) is 13.3. The van der Waals surface area contributed by atoms with Gasteiger partial charge in [-0.1, -0.05) is 38.7 Å². The van der Waals surface area contributed by atoms with E-state index in [1.54, 1.807) is 6.07 Å². The van der Waals surface area contributed by atoms with E-state index in [9.17, 15) is 14.2 Å². The van der Waals surface area contributed by atoms with Crippen LogP contribution in [0.5, 0.6) is 5.75 Å². The van der Waals surface area contributed by atoms with Crippen LogP contribution in [0.2, 0.25) is 0 Å². The molecule has 0 saturated carbocycles. The molecule has 1 atom stereocenters. The average molecular weight is 415 g/mol. The molecule has 1 amide bonds. The van der Waals surface area contributed by atoms with E-state index in [-0.39, 0.29) is 30.4 Å². The van der Waals surface area contributed by atoms with Crippen LogP contribution in [-0.2, 0) is 23.1 Å². The zero-order valence-corrected chi connectivity index (χ0v) is 17.7. The number of esters is 1. The highest BCUT2D eigenvalue weighted by molar-refractivity contribution is 7.48. The average Bonchev–Trinajstić information content (AvgIpc) is 2.70. The van der Waals surface area contributed by atoms with Gasteiger partial charge in [-0.25, -0.2) is 9.36 Å². The SMILES string of the molecule is CCCCCCCC(=O)NCCOP(=O)(OC)Oc1cccc(C(=O)OC)c1. The first-order valence-corrected chi connectivity index (χ1v) is 10.8. The van der Waals surface area contributed by atoms with Crippen LogP contribution in [0.1, 0.15) is 55.8 Å². The number of carbonyl (C=O) groups is 2. The third kappa shape index (κ3) is 9.35. The van der Waals surface area contributed by atoms with Crippen molar-refractivity contribution in [2.75, 3.05) is 27.4 Å². The summed E-state index contributed by atoms with van der Waals surface area (Å²) in [6, 6.07) is 5.99. The fourth-order valence-electron chi connectivity index (χ4n) is 2.37. The molecular formula is C19H30NO7P. The van der Waals surface area contributed by atoms with Gasteiger partial charge in [0.2, 0.25) is 5.91 Å². The molecule has 0 aromatic heterocycles. The van der Waals surface area contributed by atoms with E-state index in [1.165, 1.54) is 38.8 Å². The molecule has 1 aromatic rings. The Balaban J connectivity index is 2.39. The standard InChI is InChI=1S/C19H30NO7P/c1-4-5-6-7-8-12-18(21)20-13-14-26-28(23,25-3)27-17-11-9-10-16(15-17)19(22)24-2/h9-11,15H,4-8,12-14H2,1-3H3,(H,20,21). The maximum Gasteiger partial charge on any atom is 0.529 e. The molecule has 158 valence electrons. The van der Waals surface area contributed by atoms with E-state index in [0.717, 1.165) is 25.7 Å². The number of phosphoric acid groups is 1. The molecule has 1 N–H and O–H groups in total. The number of benzene rings is 1. The Bertz CT molecular complexity index is 665. The second-order valence-corrected chi connectivity index (χ2v) is 7.79. The molecule has 9 heteroatoms. The number of nitrogens with one attached hydrogen (secondary N) is 1. The number of ether oxygens (including phenoxy) is 1. The third-order valence-electron chi connectivity index (χ3n) is 3.88. The molecule has 0 spiro atoms. The predicted molar refractivity (Wildman–Crippen MR) is 105 cm³/mol. The Kier molecular flexibility index (Phi) is 11.5. The van der Waals surface area contributed by atoms with Gasteiger partial charge in [-0.3, -0.25) is 13.8 Å². The van der Waals surface area contributed by atoms with Crippen molar-refractivity contribution >= 4 is 19.7 Å². The van der Waals surface area contributed by atoms with Gasteiger partial charge in [0, 0.05) is 20.1 Å². The molecule has 0 aliphatic rings. The van der Waals surface area contributed by atoms with Gasteiger partial charge in [0.05, 0.1) is 19.3 Å². The summed E-state index contributed by atoms with van der Waals surface area (Å²) in [5, 5.41) is 2.71. The van der Waals surface area contributed by atoms with Crippen LogP contribution in [0.4, 0.5) is 0 Å². The Morgan fingerprint density at radius 2 is 1.86 bits per heavy atom. The highest BCUT2D eigenvalue weighted by Gasteiger charge is 2.27. The molecule has 1 aromatic carbocycles. The van der Waals surface area contributed by atoms with Crippen molar-refractivity contribution in [3.05, 3.63) is 29.8 Å². The maximum atomic E-state index is 12.5. The molecule has 0 saturated heterocycles. The molecule has 0 bridgehead atoms. The number of unbranched alkanes of at least 4 members (excludes halogenated alkanes) is 4. The number of hydrogen-bond donors (Lipinski definition) is 1. The first-order chi connectivity index (χ1) is 13.4. The molecule has 0 heterocycles. The first kappa shape index (κ1) is 24.1. The van der Waals surface area contributed by atoms with Crippen molar-refractivity contribution in [3.8, 4) is 5.75 Å². The topological polar surface area (TPSA) is 100 Å². The Morgan fingerprint density at radius 1 is 1.11 bits per heavy atom. The fraction of sp³-hybridized carbons (Fsp3) is 0.579. The summed E-state index contributed by atoms with van der Waals surface area (Å²) in [6.45, 7) is 2.29. The van der Waals surface area contributed by atoms with Crippen LogP contribution < -0.4 is 9.84 Å². The number of amides is 1. The molecule has 8 nitrogen and oxygen atoms in total. The highest BCUT2D eigenvalue weighted by Crippen LogP contribution is 2.48. The summed E-state index contributed by atoms with van der Waals surface area (Å²) < 4.78 is 32.5. The number of rotatable bonds is 14. The Labute approximate surface area is 166 Å². The minimum Gasteiger partial charge on any atom is -0.465 e. The van der Waals surface area contributed by atoms with Gasteiger partial charge >= 0.3 is 13.8 Å². The van der Waals surface area contributed by atoms with Gasteiger partial charge in [0.25, 0.3) is 0 Å². The largest absolute Gasteiger partial charge is 0.529 e. The molecule has 1 unspecified atom stereocenters. The molecule has 0 fully saturated rings. The summed E-state index contributed by atoms with van der Waals surface area (Å²) in [5.74, 6) is -0.473. The molecule has 28 heavy (non-hydrogen) atoms. The van der Waals surface area contributed by atoms with Gasteiger partial charge in [-0.05, 0) is 24.6 Å². The minimum atomic E-state index is -3.88. The van der Waals surface area contributed by atoms with E-state index >= 15 is 0 Å². The number of phosphoric ester groups is 1. The van der Waals surface area contributed by atoms with E-state index in [1.807, 2.05) is 0 Å². The summed E-state index contributed by atoms with van der Waals surface area (Å²) in [6.07, 6.45) is 5.83. The van der Waals surface area contributed by atoms with Crippen molar-refractivity contribution in [2.24, 2.45) is 0 Å². The number of carbonyl (C=O) groups excluding carboxylic acids is 2. The van der Waals surface area contributed by atoms with E-state index in [4.69, 9.17) is 13.6 Å². The van der Waals surface area contributed by atoms with Crippen LogP contribution in [0, 0.1) is 0 Å². The Hall–Kier alpha value is -1.89. The predicted octanol–water partition coefficient (Wildman–Crippen LogP) is 4.10. The number of methoxy groups -OCH3 is 1. The molecular weight excluding hydrogens is 385 g/mol. The number of hydrogen-bond acceptors (Lipinski definition) is 7. The quantitative estimate of drug-likeness (QED) is 0.277. The zero-order valence-electron chi connectivity index (χ0n) is 16.8. The molecule has 0 radical (unpaired) electrons. The molecule has 0 aliphatic heterocycles. The maximum absolute atomic E-state index is 12.5. The summed E-state index contributed by atoms with van der Waals surface area (Å²) in [4.78, 5) is 23.3. The molecule has 0 aliphatic carbocycles. The van der Waals surface area contributed by atoms with Crippen molar-refractivity contribution in [1.29, 1.82) is 0 Å². The lowest BCUT2D eigenvalue weighted by Crippen LogP contribution is -2.26. The normalized spacial score (nSPS) is 12.8. The minimum absolute atomic E-state index is 0.0383. The monoisotopic (exact) mass is 415 g/mol. The smallest absolute Gasteiger partial charge is 0.465 e. The third-order valence-corrected chi connectivity index (χ3v) is 5.26. The van der Waals surface area contributed by atoms with Crippen LogP contribution in [-0.4, -0.2) is 39.2 Å². The highest BCUT2D eigenvalue weighted by atomic mass is 31.2. The van der Waals surface area contributed by atoms with Crippen molar-refractivity contribution < 1.29 is 32.5 Å². The van der Waals surface area contributed by atoms with Gasteiger partial charge in [-0.2, -0.15) is 0 Å². The van der Waals surface area contributed by atoms with Crippen LogP contribution in [0.25, 0.3) is 0 Å². The Morgan fingerprint density at radius 3 is 2.54 bits per heavy atom. The van der Waals surface area contributed by atoms with E-state index in [2.05, 4.69) is 17.0 Å². The lowest BCUT2D eigenvalue weighted by molar-refractivity contribution is -0.121. The van der Waals surface area contributed by atoms with Gasteiger partial charge < -0.3 is 14.6 Å². The molecule has 1 rings (SSSR count).